The van der Waals surface area contributed by atoms with E-state index < -0.39 is 0 Å². The Morgan fingerprint density at radius 3 is 2.75 bits per heavy atom. The molecule has 0 spiro atoms. The smallest absolute Gasteiger partial charge is 0.277 e. The lowest BCUT2D eigenvalue weighted by atomic mass is 10.1. The minimum Gasteiger partial charge on any atom is -0.360 e. The second-order valence-corrected chi connectivity index (χ2v) is 5.92. The molecular weight excluding hydrogens is 308 g/mol. The Kier molecular flexibility index (Phi) is 4.61. The fourth-order valence-electron chi connectivity index (χ4n) is 2.38. The Hall–Kier alpha value is -2.67. The number of amides is 2. The number of nitrogens with one attached hydrogen (secondary N) is 2. The molecule has 24 heavy (non-hydrogen) atoms. The molecule has 1 aliphatic carbocycles. The van der Waals surface area contributed by atoms with Crippen LogP contribution < -0.4 is 16.4 Å². The number of nitrogens with two attached hydrogens (primary N) is 1. The van der Waals surface area contributed by atoms with Gasteiger partial charge in [0, 0.05) is 36.3 Å². The van der Waals surface area contributed by atoms with Gasteiger partial charge >= 0.3 is 0 Å². The topological polar surface area (TPSA) is 110 Å². The van der Waals surface area contributed by atoms with Crippen molar-refractivity contribution in [2.24, 2.45) is 5.73 Å². The number of aromatic nitrogens is 1. The van der Waals surface area contributed by atoms with Crippen LogP contribution in [0.3, 0.4) is 0 Å². The highest BCUT2D eigenvalue weighted by atomic mass is 16.5. The Balaban J connectivity index is 1.67. The fraction of sp³-hybridized carbons (Fsp3) is 0.353. The zero-order valence-electron chi connectivity index (χ0n) is 13.5. The summed E-state index contributed by atoms with van der Waals surface area (Å²) in [6.45, 7) is 2.64. The van der Waals surface area contributed by atoms with Gasteiger partial charge in [0.1, 0.15) is 5.76 Å². The van der Waals surface area contributed by atoms with Crippen molar-refractivity contribution in [3.63, 3.8) is 0 Å². The third kappa shape index (κ3) is 3.62. The average Bonchev–Trinajstić information content (AvgIpc) is 3.31. The first-order valence-corrected chi connectivity index (χ1v) is 7.95. The predicted octanol–water partition coefficient (Wildman–Crippen LogP) is 1.80. The van der Waals surface area contributed by atoms with Gasteiger partial charge in [0.25, 0.3) is 11.8 Å². The SMILES string of the molecule is Cc1cc(C(=O)NCCN)ccc1NC(=O)c1cc(C2CC2)on1. The summed E-state index contributed by atoms with van der Waals surface area (Å²) in [5.41, 5.74) is 7.57. The molecule has 1 heterocycles. The molecule has 2 aromatic rings. The number of carbonyl (C=O) groups excluding carboxylic acids is 2. The van der Waals surface area contributed by atoms with Crippen LogP contribution in [-0.2, 0) is 0 Å². The van der Waals surface area contributed by atoms with E-state index in [-0.39, 0.29) is 17.5 Å². The Labute approximate surface area is 139 Å². The quantitative estimate of drug-likeness (QED) is 0.749. The molecule has 126 valence electrons. The summed E-state index contributed by atoms with van der Waals surface area (Å²) < 4.78 is 5.19. The van der Waals surface area contributed by atoms with Crippen molar-refractivity contribution < 1.29 is 14.1 Å². The monoisotopic (exact) mass is 328 g/mol. The lowest BCUT2D eigenvalue weighted by molar-refractivity contribution is 0.0954. The Morgan fingerprint density at radius 1 is 1.29 bits per heavy atom. The second kappa shape index (κ2) is 6.84. The largest absolute Gasteiger partial charge is 0.360 e. The summed E-state index contributed by atoms with van der Waals surface area (Å²) in [5, 5.41) is 9.32. The molecular formula is C17H20N4O3. The molecule has 0 unspecified atom stereocenters. The Morgan fingerprint density at radius 2 is 2.08 bits per heavy atom. The third-order valence-corrected chi connectivity index (χ3v) is 3.91. The molecule has 1 aromatic carbocycles. The van der Waals surface area contributed by atoms with Crippen LogP contribution in [0.25, 0.3) is 0 Å². The van der Waals surface area contributed by atoms with Crippen molar-refractivity contribution in [3.8, 4) is 0 Å². The van der Waals surface area contributed by atoms with Gasteiger partial charge in [-0.3, -0.25) is 9.59 Å². The number of benzene rings is 1. The van der Waals surface area contributed by atoms with Gasteiger partial charge in [-0.15, -0.1) is 0 Å². The number of hydrogen-bond donors (Lipinski definition) is 3. The zero-order chi connectivity index (χ0) is 17.1. The number of anilines is 1. The minimum atomic E-state index is -0.325. The van der Waals surface area contributed by atoms with Crippen molar-refractivity contribution in [3.05, 3.63) is 46.8 Å². The van der Waals surface area contributed by atoms with E-state index >= 15 is 0 Å². The molecule has 3 rings (SSSR count). The van der Waals surface area contributed by atoms with Gasteiger partial charge in [-0.2, -0.15) is 0 Å². The number of rotatable bonds is 6. The first kappa shape index (κ1) is 16.2. The van der Waals surface area contributed by atoms with Gasteiger partial charge in [0.2, 0.25) is 0 Å². The predicted molar refractivity (Wildman–Crippen MR) is 89.0 cm³/mol. The molecule has 7 heteroatoms. The molecule has 1 aliphatic rings. The van der Waals surface area contributed by atoms with Gasteiger partial charge in [-0.1, -0.05) is 5.16 Å². The highest BCUT2D eigenvalue weighted by molar-refractivity contribution is 6.03. The van der Waals surface area contributed by atoms with Crippen LogP contribution in [0.5, 0.6) is 0 Å². The molecule has 1 fully saturated rings. The van der Waals surface area contributed by atoms with Crippen molar-refractivity contribution in [2.75, 3.05) is 18.4 Å². The summed E-state index contributed by atoms with van der Waals surface area (Å²) >= 11 is 0. The van der Waals surface area contributed by atoms with Crippen molar-refractivity contribution in [2.45, 2.75) is 25.7 Å². The summed E-state index contributed by atoms with van der Waals surface area (Å²) in [4.78, 5) is 24.2. The fourth-order valence-corrected chi connectivity index (χ4v) is 2.38. The average molecular weight is 328 g/mol. The minimum absolute atomic E-state index is 0.188. The van der Waals surface area contributed by atoms with Crippen molar-refractivity contribution in [1.29, 1.82) is 0 Å². The number of aryl methyl sites for hydroxylation is 1. The normalized spacial score (nSPS) is 13.6. The highest BCUT2D eigenvalue weighted by Crippen LogP contribution is 2.40. The summed E-state index contributed by atoms with van der Waals surface area (Å²) in [7, 11) is 0. The van der Waals surface area contributed by atoms with E-state index in [2.05, 4.69) is 15.8 Å². The van der Waals surface area contributed by atoms with Gasteiger partial charge in [0.15, 0.2) is 5.69 Å². The van der Waals surface area contributed by atoms with Crippen LogP contribution in [0.4, 0.5) is 5.69 Å². The Bertz CT molecular complexity index is 765. The lowest BCUT2D eigenvalue weighted by Crippen LogP contribution is -2.29. The molecule has 0 atom stereocenters. The van der Waals surface area contributed by atoms with E-state index in [0.29, 0.717) is 30.3 Å². The van der Waals surface area contributed by atoms with Gasteiger partial charge in [-0.05, 0) is 43.5 Å². The van der Waals surface area contributed by atoms with E-state index in [4.69, 9.17) is 10.3 Å². The van der Waals surface area contributed by atoms with Gasteiger partial charge in [0.05, 0.1) is 0 Å². The van der Waals surface area contributed by atoms with Gasteiger partial charge in [-0.25, -0.2) is 0 Å². The molecule has 4 N–H and O–H groups in total. The van der Waals surface area contributed by atoms with Crippen molar-refractivity contribution >= 4 is 17.5 Å². The zero-order valence-corrected chi connectivity index (χ0v) is 13.5. The van der Waals surface area contributed by atoms with E-state index in [9.17, 15) is 9.59 Å². The van der Waals surface area contributed by atoms with Crippen LogP contribution in [0.15, 0.2) is 28.8 Å². The molecule has 0 saturated heterocycles. The van der Waals surface area contributed by atoms with E-state index in [1.807, 2.05) is 6.92 Å². The number of nitrogens with zero attached hydrogens (tertiary/aromatic N) is 1. The van der Waals surface area contributed by atoms with Crippen LogP contribution in [0.2, 0.25) is 0 Å². The molecule has 1 saturated carbocycles. The third-order valence-electron chi connectivity index (χ3n) is 3.91. The van der Waals surface area contributed by atoms with Crippen LogP contribution in [0.1, 0.15) is 50.9 Å². The van der Waals surface area contributed by atoms with Crippen LogP contribution in [-0.4, -0.2) is 30.1 Å². The first-order valence-electron chi connectivity index (χ1n) is 7.95. The van der Waals surface area contributed by atoms with Crippen molar-refractivity contribution in [1.82, 2.24) is 10.5 Å². The van der Waals surface area contributed by atoms with Gasteiger partial charge < -0.3 is 20.9 Å². The summed E-state index contributed by atoms with van der Waals surface area (Å²) in [5.74, 6) is 0.664. The maximum Gasteiger partial charge on any atom is 0.277 e. The highest BCUT2D eigenvalue weighted by Gasteiger charge is 2.29. The van der Waals surface area contributed by atoms with Crippen LogP contribution >= 0.6 is 0 Å². The molecule has 1 aromatic heterocycles. The van der Waals surface area contributed by atoms with E-state index in [1.165, 1.54) is 0 Å². The van der Waals surface area contributed by atoms with Crippen LogP contribution in [0, 0.1) is 6.92 Å². The van der Waals surface area contributed by atoms with E-state index in [0.717, 1.165) is 24.2 Å². The summed E-state index contributed by atoms with van der Waals surface area (Å²) in [6.07, 6.45) is 2.17. The van der Waals surface area contributed by atoms with E-state index in [1.54, 1.807) is 24.3 Å². The standard InChI is InChI=1S/C17H20N4O3/c1-10-8-12(16(22)19-7-6-18)4-5-13(10)20-17(23)14-9-15(24-21-14)11-2-3-11/h4-5,8-9,11H,2-3,6-7,18H2,1H3,(H,19,22)(H,20,23). The molecule has 0 bridgehead atoms. The number of carbonyl (C=O) groups is 2. The maximum atomic E-state index is 12.3. The molecule has 0 radical (unpaired) electrons. The summed E-state index contributed by atoms with van der Waals surface area (Å²) in [6, 6.07) is 6.77. The molecule has 7 nitrogen and oxygen atoms in total. The number of hydrogen-bond acceptors (Lipinski definition) is 5. The molecule has 2 amide bonds. The molecule has 0 aliphatic heterocycles. The lowest BCUT2D eigenvalue weighted by Gasteiger charge is -2.09. The first-order chi connectivity index (χ1) is 11.6. The second-order valence-electron chi connectivity index (χ2n) is 5.92. The maximum absolute atomic E-state index is 12.3.